The van der Waals surface area contributed by atoms with Gasteiger partial charge in [0.15, 0.2) is 0 Å². The molecule has 1 aliphatic rings. The minimum atomic E-state index is -0.0671. The Bertz CT molecular complexity index is 487. The van der Waals surface area contributed by atoms with Crippen molar-refractivity contribution >= 4 is 29.1 Å². The second kappa shape index (κ2) is 8.08. The van der Waals surface area contributed by atoms with Crippen molar-refractivity contribution < 1.29 is 14.3 Å². The van der Waals surface area contributed by atoms with E-state index in [1.165, 1.54) is 11.8 Å². The van der Waals surface area contributed by atoms with Gasteiger partial charge in [-0.1, -0.05) is 6.42 Å². The van der Waals surface area contributed by atoms with Crippen LogP contribution in [-0.2, 0) is 9.59 Å². The molecule has 0 heterocycles. The third kappa shape index (κ3) is 5.08. The van der Waals surface area contributed by atoms with Gasteiger partial charge < -0.3 is 10.1 Å². The highest BCUT2D eigenvalue weighted by Gasteiger charge is 2.23. The first-order chi connectivity index (χ1) is 10.2. The van der Waals surface area contributed by atoms with E-state index in [-0.39, 0.29) is 11.2 Å². The molecule has 0 spiro atoms. The van der Waals surface area contributed by atoms with Crippen LogP contribution in [0.2, 0.25) is 0 Å². The van der Waals surface area contributed by atoms with Gasteiger partial charge in [-0.15, -0.1) is 11.8 Å². The normalized spacial score (nSPS) is 18.3. The largest absolute Gasteiger partial charge is 0.494 e. The zero-order valence-electron chi connectivity index (χ0n) is 12.3. The highest BCUT2D eigenvalue weighted by atomic mass is 32.2. The third-order valence-corrected chi connectivity index (χ3v) is 4.69. The number of rotatable bonds is 6. The lowest BCUT2D eigenvalue weighted by atomic mass is 9.99. The van der Waals surface area contributed by atoms with Crippen LogP contribution >= 0.6 is 11.8 Å². The van der Waals surface area contributed by atoms with Gasteiger partial charge >= 0.3 is 0 Å². The smallest absolute Gasteiger partial charge is 0.234 e. The molecule has 21 heavy (non-hydrogen) atoms. The number of ketones is 1. The molecule has 1 aliphatic carbocycles. The number of thioether (sulfide) groups is 1. The van der Waals surface area contributed by atoms with E-state index in [1.807, 2.05) is 31.2 Å². The molecule has 0 aliphatic heterocycles. The van der Waals surface area contributed by atoms with Gasteiger partial charge in [0.2, 0.25) is 5.91 Å². The van der Waals surface area contributed by atoms with Crippen molar-refractivity contribution in [3.63, 3.8) is 0 Å². The molecule has 1 N–H and O–H groups in total. The molecule has 1 atom stereocenters. The molecule has 0 saturated heterocycles. The van der Waals surface area contributed by atoms with Gasteiger partial charge in [0, 0.05) is 12.1 Å². The van der Waals surface area contributed by atoms with E-state index in [2.05, 4.69) is 5.32 Å². The molecule has 1 unspecified atom stereocenters. The number of hydrogen-bond acceptors (Lipinski definition) is 4. The Kier molecular flexibility index (Phi) is 6.11. The van der Waals surface area contributed by atoms with Gasteiger partial charge in [-0.05, 0) is 44.0 Å². The first kappa shape index (κ1) is 15.9. The third-order valence-electron chi connectivity index (χ3n) is 3.36. The van der Waals surface area contributed by atoms with Crippen LogP contribution in [0, 0.1) is 0 Å². The summed E-state index contributed by atoms with van der Waals surface area (Å²) in [5.41, 5.74) is 0.749. The van der Waals surface area contributed by atoms with E-state index in [4.69, 9.17) is 4.74 Å². The van der Waals surface area contributed by atoms with Crippen LogP contribution in [0.25, 0.3) is 0 Å². The fourth-order valence-electron chi connectivity index (χ4n) is 2.30. The maximum Gasteiger partial charge on any atom is 0.234 e. The maximum atomic E-state index is 11.9. The Morgan fingerprint density at radius 1 is 1.33 bits per heavy atom. The summed E-state index contributed by atoms with van der Waals surface area (Å²) in [6, 6.07) is 7.30. The van der Waals surface area contributed by atoms with Crippen molar-refractivity contribution in [3.05, 3.63) is 24.3 Å². The lowest BCUT2D eigenvalue weighted by molar-refractivity contribution is -0.119. The second-order valence-corrected chi connectivity index (χ2v) is 6.21. The van der Waals surface area contributed by atoms with Crippen molar-refractivity contribution in [1.82, 2.24) is 0 Å². The summed E-state index contributed by atoms with van der Waals surface area (Å²) in [6.45, 7) is 2.55. The molecule has 2 rings (SSSR count). The highest BCUT2D eigenvalue weighted by molar-refractivity contribution is 8.01. The molecule has 1 aromatic carbocycles. The number of carbonyl (C=O) groups excluding carboxylic acids is 2. The minimum absolute atomic E-state index is 0.00447. The number of ether oxygens (including phenoxy) is 1. The molecule has 0 aromatic heterocycles. The number of anilines is 1. The van der Waals surface area contributed by atoms with Crippen LogP contribution in [0.5, 0.6) is 5.75 Å². The van der Waals surface area contributed by atoms with Crippen LogP contribution < -0.4 is 10.1 Å². The van der Waals surface area contributed by atoms with Crippen LogP contribution in [0.4, 0.5) is 5.69 Å². The van der Waals surface area contributed by atoms with Gasteiger partial charge in [-0.25, -0.2) is 0 Å². The predicted octanol–water partition coefficient (Wildman–Crippen LogP) is 3.27. The van der Waals surface area contributed by atoms with E-state index in [1.54, 1.807) is 0 Å². The van der Waals surface area contributed by atoms with Crippen LogP contribution in [0.15, 0.2) is 24.3 Å². The summed E-state index contributed by atoms with van der Waals surface area (Å²) in [6.07, 6.45) is 3.65. The van der Waals surface area contributed by atoms with Crippen LogP contribution in [-0.4, -0.2) is 29.3 Å². The number of Topliss-reactive ketones (excluding diaryl/α,β-unsaturated/α-hetero) is 1. The predicted molar refractivity (Wildman–Crippen MR) is 86.0 cm³/mol. The molecular weight excluding hydrogens is 286 g/mol. The molecule has 114 valence electrons. The minimum Gasteiger partial charge on any atom is -0.494 e. The SMILES string of the molecule is CCOc1ccc(NC(=O)CSC2CCCCC2=O)cc1. The van der Waals surface area contributed by atoms with Crippen molar-refractivity contribution in [2.24, 2.45) is 0 Å². The van der Waals surface area contributed by atoms with E-state index >= 15 is 0 Å². The average Bonchev–Trinajstić information content (AvgIpc) is 2.49. The number of nitrogens with one attached hydrogen (secondary N) is 1. The standard InChI is InChI=1S/C16H21NO3S/c1-2-20-13-9-7-12(8-10-13)17-16(19)11-21-15-6-4-3-5-14(15)18/h7-10,15H,2-6,11H2,1H3,(H,17,19). The van der Waals surface area contributed by atoms with Gasteiger partial charge in [0.1, 0.15) is 11.5 Å². The van der Waals surface area contributed by atoms with Crippen molar-refractivity contribution in [1.29, 1.82) is 0 Å². The number of amides is 1. The lowest BCUT2D eigenvalue weighted by Crippen LogP contribution is -2.24. The monoisotopic (exact) mass is 307 g/mol. The Morgan fingerprint density at radius 3 is 2.76 bits per heavy atom. The Labute approximate surface area is 129 Å². The molecular formula is C16H21NO3S. The Hall–Kier alpha value is -1.49. The highest BCUT2D eigenvalue weighted by Crippen LogP contribution is 2.25. The van der Waals surface area contributed by atoms with Gasteiger partial charge in [-0.3, -0.25) is 9.59 Å². The van der Waals surface area contributed by atoms with Gasteiger partial charge in [0.05, 0.1) is 17.6 Å². The number of benzene rings is 1. The van der Waals surface area contributed by atoms with Crippen molar-refractivity contribution in [2.75, 3.05) is 17.7 Å². The maximum absolute atomic E-state index is 11.9. The first-order valence-electron chi connectivity index (χ1n) is 7.36. The average molecular weight is 307 g/mol. The molecule has 1 fully saturated rings. The molecule has 4 nitrogen and oxygen atoms in total. The molecule has 5 heteroatoms. The molecule has 0 radical (unpaired) electrons. The van der Waals surface area contributed by atoms with E-state index in [9.17, 15) is 9.59 Å². The summed E-state index contributed by atoms with van der Waals surface area (Å²) in [7, 11) is 0. The van der Waals surface area contributed by atoms with Gasteiger partial charge in [-0.2, -0.15) is 0 Å². The summed E-state index contributed by atoms with van der Waals surface area (Å²) < 4.78 is 5.35. The quantitative estimate of drug-likeness (QED) is 0.876. The lowest BCUT2D eigenvalue weighted by Gasteiger charge is -2.19. The summed E-state index contributed by atoms with van der Waals surface area (Å²) in [4.78, 5) is 23.6. The fraction of sp³-hybridized carbons (Fsp3) is 0.500. The summed E-state index contributed by atoms with van der Waals surface area (Å²) in [5.74, 6) is 1.34. The van der Waals surface area contributed by atoms with Crippen molar-refractivity contribution in [3.8, 4) is 5.75 Å². The molecule has 1 saturated carbocycles. The molecule has 1 aromatic rings. The molecule has 0 bridgehead atoms. The van der Waals surface area contributed by atoms with Crippen LogP contribution in [0.1, 0.15) is 32.6 Å². The zero-order valence-corrected chi connectivity index (χ0v) is 13.1. The van der Waals surface area contributed by atoms with E-state index in [0.29, 0.717) is 24.6 Å². The topological polar surface area (TPSA) is 55.4 Å². The second-order valence-electron chi connectivity index (χ2n) is 5.02. The summed E-state index contributed by atoms with van der Waals surface area (Å²) in [5, 5.41) is 2.84. The van der Waals surface area contributed by atoms with E-state index in [0.717, 1.165) is 30.7 Å². The summed E-state index contributed by atoms with van der Waals surface area (Å²) >= 11 is 1.46. The molecule has 1 amide bonds. The van der Waals surface area contributed by atoms with E-state index < -0.39 is 0 Å². The van der Waals surface area contributed by atoms with Crippen molar-refractivity contribution in [2.45, 2.75) is 37.9 Å². The number of hydrogen-bond donors (Lipinski definition) is 1. The zero-order chi connectivity index (χ0) is 15.1. The first-order valence-corrected chi connectivity index (χ1v) is 8.41. The van der Waals surface area contributed by atoms with Gasteiger partial charge in [0.25, 0.3) is 0 Å². The number of carbonyl (C=O) groups is 2. The van der Waals surface area contributed by atoms with Crippen LogP contribution in [0.3, 0.4) is 0 Å². The fourth-order valence-corrected chi connectivity index (χ4v) is 3.36. The Balaban J connectivity index is 1.77. The Morgan fingerprint density at radius 2 is 2.10 bits per heavy atom.